The first-order chi connectivity index (χ1) is 10.1. The summed E-state index contributed by atoms with van der Waals surface area (Å²) in [4.78, 5) is 28.6. The van der Waals surface area contributed by atoms with Gasteiger partial charge in [0, 0.05) is 22.5 Å². The van der Waals surface area contributed by atoms with Gasteiger partial charge in [0.2, 0.25) is 5.91 Å². The minimum absolute atomic E-state index is 0.186. The second kappa shape index (κ2) is 8.16. The molecular weight excluding hydrogens is 326 g/mol. The maximum absolute atomic E-state index is 11.6. The number of rotatable bonds is 6. The first kappa shape index (κ1) is 16.0. The van der Waals surface area contributed by atoms with Gasteiger partial charge in [-0.25, -0.2) is 9.78 Å². The third-order valence-corrected chi connectivity index (χ3v) is 5.49. The number of imide groups is 1. The smallest absolute Gasteiger partial charge is 0.321 e. The number of hydrogen-bond acceptors (Lipinski definition) is 6. The minimum Gasteiger partial charge on any atom is -0.337 e. The highest BCUT2D eigenvalue weighted by atomic mass is 32.2. The zero-order chi connectivity index (χ0) is 15.1. The number of amides is 3. The molecule has 2 aromatic heterocycles. The van der Waals surface area contributed by atoms with Crippen molar-refractivity contribution in [3.63, 3.8) is 0 Å². The Morgan fingerprint density at radius 1 is 1.38 bits per heavy atom. The van der Waals surface area contributed by atoms with Gasteiger partial charge in [-0.1, -0.05) is 17.8 Å². The number of nitrogens with one attached hydrogen (secondary N) is 2. The molecule has 0 aliphatic heterocycles. The van der Waals surface area contributed by atoms with Crippen LogP contribution in [0.5, 0.6) is 0 Å². The highest BCUT2D eigenvalue weighted by Gasteiger charge is 2.09. The summed E-state index contributed by atoms with van der Waals surface area (Å²) in [6.45, 7) is 2.42. The van der Waals surface area contributed by atoms with Crippen LogP contribution < -0.4 is 10.6 Å². The van der Waals surface area contributed by atoms with Crippen molar-refractivity contribution in [3.8, 4) is 0 Å². The lowest BCUT2D eigenvalue weighted by Gasteiger charge is -2.05. The summed E-state index contributed by atoms with van der Waals surface area (Å²) in [5.41, 5.74) is 0.939. The molecule has 3 amide bonds. The number of nitrogens with zero attached hydrogens (tertiary/aromatic N) is 1. The zero-order valence-corrected chi connectivity index (χ0v) is 13.9. The molecule has 0 aromatic carbocycles. The Labute approximate surface area is 135 Å². The third kappa shape index (κ3) is 5.86. The molecule has 2 aromatic rings. The fraction of sp³-hybridized carbons (Fsp3) is 0.308. The van der Waals surface area contributed by atoms with Crippen LogP contribution in [0.15, 0.2) is 27.2 Å². The molecule has 0 saturated carbocycles. The fourth-order valence-corrected chi connectivity index (χ4v) is 3.85. The van der Waals surface area contributed by atoms with Crippen LogP contribution in [0, 0.1) is 6.92 Å². The molecule has 5 nitrogen and oxygen atoms in total. The first-order valence-corrected chi connectivity index (χ1v) is 9.03. The largest absolute Gasteiger partial charge is 0.337 e. The number of carbonyl (C=O) groups is 2. The Kier molecular flexibility index (Phi) is 6.21. The van der Waals surface area contributed by atoms with Crippen molar-refractivity contribution in [1.82, 2.24) is 15.6 Å². The van der Waals surface area contributed by atoms with E-state index in [1.165, 1.54) is 28.0 Å². The number of carbonyl (C=O) groups excluding carboxylic acids is 2. The lowest BCUT2D eigenvalue weighted by atomic mass is 10.3. The monoisotopic (exact) mass is 341 g/mol. The topological polar surface area (TPSA) is 71.1 Å². The second-order valence-corrected chi connectivity index (χ2v) is 7.29. The van der Waals surface area contributed by atoms with Gasteiger partial charge in [0.25, 0.3) is 0 Å². The Bertz CT molecular complexity index is 596. The predicted molar refractivity (Wildman–Crippen MR) is 87.1 cm³/mol. The Morgan fingerprint density at radius 3 is 2.90 bits per heavy atom. The van der Waals surface area contributed by atoms with Gasteiger partial charge in [-0.05, 0) is 24.8 Å². The molecule has 2 N–H and O–H groups in total. The van der Waals surface area contributed by atoms with Crippen molar-refractivity contribution in [3.05, 3.63) is 33.5 Å². The average Bonchev–Trinajstić information content (AvgIpc) is 3.08. The molecule has 0 saturated heterocycles. The highest BCUT2D eigenvalue weighted by Crippen LogP contribution is 2.21. The molecule has 112 valence electrons. The summed E-state index contributed by atoms with van der Waals surface area (Å²) in [5, 5.41) is 8.90. The van der Waals surface area contributed by atoms with Gasteiger partial charge in [0.1, 0.15) is 0 Å². The van der Waals surface area contributed by atoms with Crippen LogP contribution in [-0.2, 0) is 11.2 Å². The Morgan fingerprint density at radius 2 is 2.24 bits per heavy atom. The van der Waals surface area contributed by atoms with Crippen molar-refractivity contribution < 1.29 is 9.59 Å². The molecular formula is C13H15N3O2S3. The Balaban J connectivity index is 1.61. The average molecular weight is 341 g/mol. The van der Waals surface area contributed by atoms with Crippen molar-refractivity contribution in [2.75, 3.05) is 12.3 Å². The third-order valence-electron chi connectivity index (χ3n) is 2.41. The number of aromatic nitrogens is 1. The normalized spacial score (nSPS) is 10.3. The van der Waals surface area contributed by atoms with Crippen molar-refractivity contribution >= 4 is 46.4 Å². The number of thioether (sulfide) groups is 1. The Hall–Kier alpha value is -1.38. The van der Waals surface area contributed by atoms with E-state index in [1.54, 1.807) is 11.3 Å². The van der Waals surface area contributed by atoms with Crippen LogP contribution in [0.2, 0.25) is 0 Å². The number of aryl methyl sites for hydroxylation is 1. The molecule has 21 heavy (non-hydrogen) atoms. The van der Waals surface area contributed by atoms with E-state index in [1.807, 2.05) is 29.8 Å². The highest BCUT2D eigenvalue weighted by molar-refractivity contribution is 8.01. The molecule has 0 aliphatic rings. The summed E-state index contributed by atoms with van der Waals surface area (Å²) in [5.74, 6) is -0.132. The van der Waals surface area contributed by atoms with Crippen molar-refractivity contribution in [1.29, 1.82) is 0 Å². The lowest BCUT2D eigenvalue weighted by molar-refractivity contribution is -0.117. The first-order valence-electron chi connectivity index (χ1n) is 6.28. The van der Waals surface area contributed by atoms with E-state index in [4.69, 9.17) is 0 Å². The van der Waals surface area contributed by atoms with Gasteiger partial charge in [-0.3, -0.25) is 10.1 Å². The van der Waals surface area contributed by atoms with Gasteiger partial charge < -0.3 is 5.32 Å². The quantitative estimate of drug-likeness (QED) is 0.793. The van der Waals surface area contributed by atoms with Crippen LogP contribution in [-0.4, -0.2) is 29.2 Å². The predicted octanol–water partition coefficient (Wildman–Crippen LogP) is 2.67. The molecule has 0 unspecified atom stereocenters. The van der Waals surface area contributed by atoms with Gasteiger partial charge in [0.15, 0.2) is 4.34 Å². The summed E-state index contributed by atoms with van der Waals surface area (Å²) < 4.78 is 0.834. The van der Waals surface area contributed by atoms with Crippen LogP contribution in [0.1, 0.15) is 10.6 Å². The maximum Gasteiger partial charge on any atom is 0.321 e. The number of hydrogen-bond donors (Lipinski definition) is 2. The van der Waals surface area contributed by atoms with Gasteiger partial charge in [-0.15, -0.1) is 22.7 Å². The van der Waals surface area contributed by atoms with Gasteiger partial charge in [-0.2, -0.15) is 0 Å². The van der Waals surface area contributed by atoms with Crippen molar-refractivity contribution in [2.24, 2.45) is 0 Å². The molecule has 0 atom stereocenters. The summed E-state index contributed by atoms with van der Waals surface area (Å²) in [6.07, 6.45) is 0.770. The molecule has 2 heterocycles. The molecule has 0 aliphatic carbocycles. The molecule has 0 fully saturated rings. The van der Waals surface area contributed by atoms with E-state index >= 15 is 0 Å². The summed E-state index contributed by atoms with van der Waals surface area (Å²) in [6, 6.07) is 3.54. The standard InChI is InChI=1S/C13H15N3O2S3/c1-9-7-20-13(15-9)21-8-11(17)16-12(18)14-5-4-10-3-2-6-19-10/h2-3,6-7H,4-5,8H2,1H3,(H2,14,16,17,18). The second-order valence-electron chi connectivity index (χ2n) is 4.18. The molecule has 0 spiro atoms. The van der Waals surface area contributed by atoms with Crippen LogP contribution >= 0.6 is 34.4 Å². The number of urea groups is 1. The molecule has 2 rings (SSSR count). The molecule has 0 radical (unpaired) electrons. The maximum atomic E-state index is 11.6. The summed E-state index contributed by atoms with van der Waals surface area (Å²) in [7, 11) is 0. The van der Waals surface area contributed by atoms with E-state index in [2.05, 4.69) is 15.6 Å². The lowest BCUT2D eigenvalue weighted by Crippen LogP contribution is -2.41. The van der Waals surface area contributed by atoms with E-state index < -0.39 is 6.03 Å². The van der Waals surface area contributed by atoms with Crippen LogP contribution in [0.3, 0.4) is 0 Å². The fourth-order valence-electron chi connectivity index (χ4n) is 1.49. The zero-order valence-electron chi connectivity index (χ0n) is 11.4. The van der Waals surface area contributed by atoms with Crippen molar-refractivity contribution in [2.45, 2.75) is 17.7 Å². The molecule has 0 bridgehead atoms. The van der Waals surface area contributed by atoms with Crippen LogP contribution in [0.4, 0.5) is 4.79 Å². The minimum atomic E-state index is -0.451. The van der Waals surface area contributed by atoms with Gasteiger partial charge in [0.05, 0.1) is 5.75 Å². The van der Waals surface area contributed by atoms with E-state index in [0.717, 1.165) is 16.5 Å². The van der Waals surface area contributed by atoms with E-state index in [9.17, 15) is 9.59 Å². The van der Waals surface area contributed by atoms with Crippen LogP contribution in [0.25, 0.3) is 0 Å². The molecule has 8 heteroatoms. The SMILES string of the molecule is Cc1csc(SCC(=O)NC(=O)NCCc2cccs2)n1. The van der Waals surface area contributed by atoms with E-state index in [0.29, 0.717) is 6.54 Å². The summed E-state index contributed by atoms with van der Waals surface area (Å²) >= 11 is 4.47. The number of thiophene rings is 1. The van der Waals surface area contributed by atoms with E-state index in [-0.39, 0.29) is 11.7 Å². The van der Waals surface area contributed by atoms with Gasteiger partial charge >= 0.3 is 6.03 Å². The number of thiazole rings is 1.